The second-order valence-electron chi connectivity index (χ2n) is 6.08. The number of anilines is 1. The van der Waals surface area contributed by atoms with E-state index < -0.39 is 23.6 Å². The van der Waals surface area contributed by atoms with Crippen LogP contribution in [-0.2, 0) is 6.18 Å². The largest absolute Gasteiger partial charge is 0.478 e. The van der Waals surface area contributed by atoms with E-state index in [1.165, 1.54) is 42.5 Å². The minimum absolute atomic E-state index is 0.0153. The molecule has 0 radical (unpaired) electrons. The zero-order chi connectivity index (χ0) is 21.9. The van der Waals surface area contributed by atoms with Crippen molar-refractivity contribution in [3.63, 3.8) is 0 Å². The molecule has 0 atom stereocenters. The molecule has 0 saturated heterocycles. The summed E-state index contributed by atoms with van der Waals surface area (Å²) in [5.74, 6) is -1.64. The minimum Gasteiger partial charge on any atom is -0.478 e. The van der Waals surface area contributed by atoms with Crippen molar-refractivity contribution in [2.45, 2.75) is 6.18 Å². The van der Waals surface area contributed by atoms with Gasteiger partial charge >= 0.3 is 12.1 Å². The third kappa shape index (κ3) is 4.90. The maximum absolute atomic E-state index is 12.7. The monoisotopic (exact) mass is 435 g/mol. The van der Waals surface area contributed by atoms with Gasteiger partial charge in [0, 0.05) is 5.56 Å². The SMILES string of the molecule is O=C(Nc1ccccc1C(=O)O)c1cccc(Oc2ccc(C(F)(F)F)cc2Cl)c1. The van der Waals surface area contributed by atoms with Crippen molar-refractivity contribution in [1.82, 2.24) is 0 Å². The molecule has 1 amide bonds. The number of carboxylic acid groups (broad SMARTS) is 1. The quantitative estimate of drug-likeness (QED) is 0.507. The zero-order valence-corrected chi connectivity index (χ0v) is 15.8. The van der Waals surface area contributed by atoms with E-state index in [2.05, 4.69) is 5.32 Å². The summed E-state index contributed by atoms with van der Waals surface area (Å²) in [7, 11) is 0. The van der Waals surface area contributed by atoms with Gasteiger partial charge in [0.1, 0.15) is 11.5 Å². The number of hydrogen-bond acceptors (Lipinski definition) is 3. The number of alkyl halides is 3. The summed E-state index contributed by atoms with van der Waals surface area (Å²) < 4.78 is 43.7. The van der Waals surface area contributed by atoms with Gasteiger partial charge in [0.25, 0.3) is 5.91 Å². The van der Waals surface area contributed by atoms with Crippen LogP contribution in [-0.4, -0.2) is 17.0 Å². The maximum Gasteiger partial charge on any atom is 0.416 e. The molecular formula is C21H13ClF3NO4. The lowest BCUT2D eigenvalue weighted by Crippen LogP contribution is -2.14. The molecule has 3 aromatic rings. The molecule has 0 aliphatic carbocycles. The van der Waals surface area contributed by atoms with Gasteiger partial charge in [-0.05, 0) is 48.5 Å². The number of para-hydroxylation sites is 1. The molecule has 0 aromatic heterocycles. The van der Waals surface area contributed by atoms with Gasteiger partial charge in [-0.3, -0.25) is 4.79 Å². The summed E-state index contributed by atoms with van der Waals surface area (Å²) in [5, 5.41) is 11.5. The standard InChI is InChI=1S/C21H13ClF3NO4/c22-16-11-13(21(23,24)25)8-9-18(16)30-14-5-3-4-12(10-14)19(27)26-17-7-2-1-6-15(17)20(28)29/h1-11H,(H,26,27)(H,28,29). The lowest BCUT2D eigenvalue weighted by Gasteiger charge is -2.12. The van der Waals surface area contributed by atoms with E-state index in [-0.39, 0.29) is 33.3 Å². The molecule has 30 heavy (non-hydrogen) atoms. The Balaban J connectivity index is 1.80. The number of carbonyl (C=O) groups is 2. The Kier molecular flexibility index (Phi) is 5.98. The van der Waals surface area contributed by atoms with E-state index >= 15 is 0 Å². The molecule has 0 bridgehead atoms. The van der Waals surface area contributed by atoms with Crippen LogP contribution in [0.4, 0.5) is 18.9 Å². The van der Waals surface area contributed by atoms with E-state index in [4.69, 9.17) is 16.3 Å². The van der Waals surface area contributed by atoms with E-state index in [0.29, 0.717) is 0 Å². The molecule has 0 fully saturated rings. The van der Waals surface area contributed by atoms with Crippen LogP contribution in [0.25, 0.3) is 0 Å². The number of halogens is 4. The summed E-state index contributed by atoms with van der Waals surface area (Å²) in [6.45, 7) is 0. The molecule has 3 aromatic carbocycles. The van der Waals surface area contributed by atoms with Crippen LogP contribution >= 0.6 is 11.6 Å². The molecular weight excluding hydrogens is 423 g/mol. The van der Waals surface area contributed by atoms with Crippen molar-refractivity contribution in [2.24, 2.45) is 0 Å². The molecule has 0 saturated carbocycles. The zero-order valence-electron chi connectivity index (χ0n) is 15.0. The number of hydrogen-bond donors (Lipinski definition) is 2. The van der Waals surface area contributed by atoms with Gasteiger partial charge < -0.3 is 15.2 Å². The molecule has 0 aliphatic heterocycles. The van der Waals surface area contributed by atoms with Gasteiger partial charge in [0.05, 0.1) is 21.8 Å². The van der Waals surface area contributed by atoms with Crippen molar-refractivity contribution >= 4 is 29.2 Å². The van der Waals surface area contributed by atoms with Gasteiger partial charge in [-0.25, -0.2) is 4.79 Å². The summed E-state index contributed by atoms with van der Waals surface area (Å²) in [5.41, 5.74) is -0.720. The van der Waals surface area contributed by atoms with Crippen molar-refractivity contribution in [2.75, 3.05) is 5.32 Å². The summed E-state index contributed by atoms with van der Waals surface area (Å²) in [6.07, 6.45) is -4.54. The minimum atomic E-state index is -4.54. The number of nitrogens with one attached hydrogen (secondary N) is 1. The van der Waals surface area contributed by atoms with Crippen LogP contribution in [0.1, 0.15) is 26.3 Å². The summed E-state index contributed by atoms with van der Waals surface area (Å²) in [4.78, 5) is 23.8. The molecule has 154 valence electrons. The first kappa shape index (κ1) is 21.2. The Morgan fingerprint density at radius 1 is 0.967 bits per heavy atom. The van der Waals surface area contributed by atoms with Crippen LogP contribution in [0, 0.1) is 0 Å². The predicted molar refractivity (Wildman–Crippen MR) is 104 cm³/mol. The van der Waals surface area contributed by atoms with Gasteiger partial charge in [-0.1, -0.05) is 29.8 Å². The first-order chi connectivity index (χ1) is 14.1. The number of rotatable bonds is 5. The van der Waals surface area contributed by atoms with E-state index in [9.17, 15) is 27.9 Å². The Morgan fingerprint density at radius 3 is 2.37 bits per heavy atom. The predicted octanol–water partition coefficient (Wildman–Crippen LogP) is 6.10. The normalized spacial score (nSPS) is 11.1. The van der Waals surface area contributed by atoms with Gasteiger partial charge in [-0.2, -0.15) is 13.2 Å². The molecule has 0 heterocycles. The molecule has 5 nitrogen and oxygen atoms in total. The number of aromatic carboxylic acids is 1. The van der Waals surface area contributed by atoms with Crippen LogP contribution < -0.4 is 10.1 Å². The highest BCUT2D eigenvalue weighted by atomic mass is 35.5. The topological polar surface area (TPSA) is 75.6 Å². The van der Waals surface area contributed by atoms with Crippen molar-refractivity contribution in [3.05, 3.63) is 88.4 Å². The third-order valence-electron chi connectivity index (χ3n) is 3.99. The maximum atomic E-state index is 12.7. The highest BCUT2D eigenvalue weighted by Crippen LogP contribution is 2.36. The fourth-order valence-corrected chi connectivity index (χ4v) is 2.78. The van der Waals surface area contributed by atoms with Crippen LogP contribution in [0.15, 0.2) is 66.7 Å². The second kappa shape index (κ2) is 8.46. The number of amides is 1. The Labute approximate surface area is 173 Å². The number of carboxylic acids is 1. The summed E-state index contributed by atoms with van der Waals surface area (Å²) in [6, 6.07) is 14.4. The van der Waals surface area contributed by atoms with Crippen molar-refractivity contribution in [3.8, 4) is 11.5 Å². The number of carbonyl (C=O) groups excluding carboxylic acids is 1. The number of benzene rings is 3. The highest BCUT2D eigenvalue weighted by molar-refractivity contribution is 6.32. The fourth-order valence-electron chi connectivity index (χ4n) is 2.56. The lowest BCUT2D eigenvalue weighted by molar-refractivity contribution is -0.137. The lowest BCUT2D eigenvalue weighted by atomic mass is 10.1. The molecule has 0 unspecified atom stereocenters. The van der Waals surface area contributed by atoms with Crippen LogP contribution in [0.5, 0.6) is 11.5 Å². The average Bonchev–Trinajstić information content (AvgIpc) is 2.69. The van der Waals surface area contributed by atoms with Gasteiger partial charge in [-0.15, -0.1) is 0 Å². The third-order valence-corrected chi connectivity index (χ3v) is 4.28. The van der Waals surface area contributed by atoms with Gasteiger partial charge in [0.15, 0.2) is 0 Å². The van der Waals surface area contributed by atoms with E-state index in [0.717, 1.165) is 18.2 Å². The molecule has 0 spiro atoms. The second-order valence-corrected chi connectivity index (χ2v) is 6.48. The highest BCUT2D eigenvalue weighted by Gasteiger charge is 2.31. The van der Waals surface area contributed by atoms with Crippen LogP contribution in [0.3, 0.4) is 0 Å². The van der Waals surface area contributed by atoms with E-state index in [1.54, 1.807) is 6.07 Å². The van der Waals surface area contributed by atoms with Crippen molar-refractivity contribution < 1.29 is 32.6 Å². The average molecular weight is 436 g/mol. The Hall–Kier alpha value is -3.52. The van der Waals surface area contributed by atoms with E-state index in [1.807, 2.05) is 0 Å². The molecule has 0 aliphatic rings. The summed E-state index contributed by atoms with van der Waals surface area (Å²) >= 11 is 5.88. The smallest absolute Gasteiger partial charge is 0.416 e. The fraction of sp³-hybridized carbons (Fsp3) is 0.0476. The first-order valence-electron chi connectivity index (χ1n) is 8.43. The number of ether oxygens (including phenoxy) is 1. The Bertz CT molecular complexity index is 1120. The van der Waals surface area contributed by atoms with Crippen molar-refractivity contribution in [1.29, 1.82) is 0 Å². The molecule has 9 heteroatoms. The van der Waals surface area contributed by atoms with Gasteiger partial charge in [0.2, 0.25) is 0 Å². The Morgan fingerprint density at radius 2 is 1.70 bits per heavy atom. The van der Waals surface area contributed by atoms with Crippen LogP contribution in [0.2, 0.25) is 5.02 Å². The molecule has 3 rings (SSSR count). The first-order valence-corrected chi connectivity index (χ1v) is 8.81. The molecule has 2 N–H and O–H groups in total.